The van der Waals surface area contributed by atoms with Gasteiger partial charge in [0.25, 0.3) is 5.91 Å². The zero-order valence-electron chi connectivity index (χ0n) is 14.5. The second-order valence-electron chi connectivity index (χ2n) is 7.60. The third-order valence-corrected chi connectivity index (χ3v) is 5.59. The molecule has 2 aliphatic rings. The van der Waals surface area contributed by atoms with Gasteiger partial charge in [0.1, 0.15) is 5.76 Å². The van der Waals surface area contributed by atoms with Crippen molar-refractivity contribution >= 4 is 5.91 Å². The highest BCUT2D eigenvalue weighted by Gasteiger charge is 2.41. The van der Waals surface area contributed by atoms with E-state index in [0.29, 0.717) is 23.3 Å². The second-order valence-corrected chi connectivity index (χ2v) is 7.60. The van der Waals surface area contributed by atoms with E-state index in [2.05, 4.69) is 10.3 Å². The maximum absolute atomic E-state index is 12.9. The molecule has 5 nitrogen and oxygen atoms in total. The van der Waals surface area contributed by atoms with Gasteiger partial charge in [-0.2, -0.15) is 0 Å². The summed E-state index contributed by atoms with van der Waals surface area (Å²) in [4.78, 5) is 17.4. The number of oxazole rings is 1. The highest BCUT2D eigenvalue weighted by Crippen LogP contribution is 2.43. The minimum absolute atomic E-state index is 0.0195. The van der Waals surface area contributed by atoms with Gasteiger partial charge in [0.05, 0.1) is 6.61 Å². The Morgan fingerprint density at radius 1 is 1.32 bits per heavy atom. The Morgan fingerprint density at radius 3 is 2.76 bits per heavy atom. The molecule has 1 heterocycles. The molecule has 5 heteroatoms. The van der Waals surface area contributed by atoms with E-state index in [1.807, 2.05) is 37.3 Å². The van der Waals surface area contributed by atoms with Gasteiger partial charge in [-0.1, -0.05) is 31.5 Å². The molecule has 1 aromatic heterocycles. The van der Waals surface area contributed by atoms with Gasteiger partial charge in [0.2, 0.25) is 5.89 Å². The zero-order valence-corrected chi connectivity index (χ0v) is 14.5. The van der Waals surface area contributed by atoms with Gasteiger partial charge in [0.15, 0.2) is 5.69 Å². The SMILES string of the molecule is CC1(CO)CCCC1NC(=O)c1nc(-c2ccccc2)oc1C1CC1. The minimum atomic E-state index is -0.249. The summed E-state index contributed by atoms with van der Waals surface area (Å²) >= 11 is 0. The lowest BCUT2D eigenvalue weighted by Gasteiger charge is -2.29. The highest BCUT2D eigenvalue weighted by molar-refractivity contribution is 5.94. The fourth-order valence-electron chi connectivity index (χ4n) is 3.72. The van der Waals surface area contributed by atoms with Crippen molar-refractivity contribution in [2.45, 2.75) is 51.0 Å². The van der Waals surface area contributed by atoms with E-state index in [9.17, 15) is 9.90 Å². The summed E-state index contributed by atoms with van der Waals surface area (Å²) in [5.41, 5.74) is 1.04. The Labute approximate surface area is 147 Å². The number of rotatable bonds is 5. The first-order chi connectivity index (χ1) is 12.1. The van der Waals surface area contributed by atoms with E-state index >= 15 is 0 Å². The summed E-state index contributed by atoms with van der Waals surface area (Å²) < 4.78 is 5.97. The molecular weight excluding hydrogens is 316 g/mol. The first-order valence-corrected chi connectivity index (χ1v) is 9.08. The van der Waals surface area contributed by atoms with Crippen molar-refractivity contribution in [2.75, 3.05) is 6.61 Å². The molecule has 2 N–H and O–H groups in total. The van der Waals surface area contributed by atoms with Crippen LogP contribution in [0.2, 0.25) is 0 Å². The van der Waals surface area contributed by atoms with Crippen LogP contribution in [-0.4, -0.2) is 28.6 Å². The van der Waals surface area contributed by atoms with Crippen LogP contribution in [-0.2, 0) is 0 Å². The van der Waals surface area contributed by atoms with Crippen LogP contribution in [0, 0.1) is 5.41 Å². The number of carbonyl (C=O) groups is 1. The average Bonchev–Trinajstić information content (AvgIpc) is 3.28. The van der Waals surface area contributed by atoms with Crippen LogP contribution >= 0.6 is 0 Å². The molecule has 0 saturated heterocycles. The smallest absolute Gasteiger partial charge is 0.273 e. The molecule has 0 bridgehead atoms. The normalized spacial score (nSPS) is 25.9. The van der Waals surface area contributed by atoms with E-state index in [1.54, 1.807) is 0 Å². The van der Waals surface area contributed by atoms with Crippen molar-refractivity contribution in [1.29, 1.82) is 0 Å². The number of aliphatic hydroxyl groups is 1. The number of aromatic nitrogens is 1. The van der Waals surface area contributed by atoms with E-state index in [1.165, 1.54) is 0 Å². The number of aliphatic hydroxyl groups excluding tert-OH is 1. The molecule has 2 fully saturated rings. The second kappa shape index (κ2) is 6.30. The Hall–Kier alpha value is -2.14. The van der Waals surface area contributed by atoms with Crippen molar-refractivity contribution in [2.24, 2.45) is 5.41 Å². The molecule has 2 atom stereocenters. The maximum atomic E-state index is 12.9. The molecule has 1 amide bonds. The number of amides is 1. The molecule has 132 valence electrons. The van der Waals surface area contributed by atoms with Crippen molar-refractivity contribution in [3.05, 3.63) is 41.8 Å². The van der Waals surface area contributed by atoms with Crippen molar-refractivity contribution in [1.82, 2.24) is 10.3 Å². The molecule has 25 heavy (non-hydrogen) atoms. The quantitative estimate of drug-likeness (QED) is 0.873. The molecule has 0 radical (unpaired) electrons. The van der Waals surface area contributed by atoms with E-state index in [0.717, 1.165) is 37.7 Å². The summed E-state index contributed by atoms with van der Waals surface area (Å²) in [5, 5.41) is 12.8. The van der Waals surface area contributed by atoms with Crippen molar-refractivity contribution < 1.29 is 14.3 Å². The van der Waals surface area contributed by atoms with Crippen LogP contribution < -0.4 is 5.32 Å². The Kier molecular flexibility index (Phi) is 4.12. The fourth-order valence-corrected chi connectivity index (χ4v) is 3.72. The average molecular weight is 340 g/mol. The summed E-state index contributed by atoms with van der Waals surface area (Å²) in [7, 11) is 0. The maximum Gasteiger partial charge on any atom is 0.273 e. The Bertz CT molecular complexity index is 767. The monoisotopic (exact) mass is 340 g/mol. The first-order valence-electron chi connectivity index (χ1n) is 9.08. The standard InChI is InChI=1S/C20H24N2O3/c1-20(12-23)11-5-8-15(20)21-18(24)16-17(13-9-10-13)25-19(22-16)14-6-3-2-4-7-14/h2-4,6-7,13,15,23H,5,8-12H2,1H3,(H,21,24). The van der Waals surface area contributed by atoms with E-state index in [4.69, 9.17) is 4.42 Å². The van der Waals surface area contributed by atoms with Crippen molar-refractivity contribution in [3.63, 3.8) is 0 Å². The number of nitrogens with one attached hydrogen (secondary N) is 1. The lowest BCUT2D eigenvalue weighted by atomic mass is 9.85. The number of nitrogens with zero attached hydrogens (tertiary/aromatic N) is 1. The molecule has 2 aromatic rings. The molecule has 2 unspecified atom stereocenters. The summed E-state index contributed by atoms with van der Waals surface area (Å²) in [6, 6.07) is 9.66. The van der Waals surface area contributed by atoms with Gasteiger partial charge in [-0.25, -0.2) is 4.98 Å². The van der Waals surface area contributed by atoms with Crippen LogP contribution in [0.25, 0.3) is 11.5 Å². The largest absolute Gasteiger partial charge is 0.440 e. The predicted octanol–water partition coefficient (Wildman–Crippen LogP) is 3.50. The molecule has 4 rings (SSSR count). The number of hydrogen-bond donors (Lipinski definition) is 2. The third-order valence-electron chi connectivity index (χ3n) is 5.59. The lowest BCUT2D eigenvalue weighted by Crippen LogP contribution is -2.45. The predicted molar refractivity (Wildman–Crippen MR) is 94.2 cm³/mol. The molecule has 2 aliphatic carbocycles. The van der Waals surface area contributed by atoms with Gasteiger partial charge >= 0.3 is 0 Å². The van der Waals surface area contributed by atoms with E-state index < -0.39 is 0 Å². The van der Waals surface area contributed by atoms with Crippen LogP contribution in [0.5, 0.6) is 0 Å². The Balaban J connectivity index is 1.61. The highest BCUT2D eigenvalue weighted by atomic mass is 16.4. The van der Waals surface area contributed by atoms with Crippen LogP contribution in [0.15, 0.2) is 34.7 Å². The van der Waals surface area contributed by atoms with Crippen molar-refractivity contribution in [3.8, 4) is 11.5 Å². The summed E-state index contributed by atoms with van der Waals surface area (Å²) in [6.45, 7) is 2.12. The van der Waals surface area contributed by atoms with Gasteiger partial charge in [-0.3, -0.25) is 4.79 Å². The van der Waals surface area contributed by atoms with E-state index in [-0.39, 0.29) is 24.0 Å². The molecule has 1 aromatic carbocycles. The zero-order chi connectivity index (χ0) is 17.4. The van der Waals surface area contributed by atoms with Crippen LogP contribution in [0.3, 0.4) is 0 Å². The third kappa shape index (κ3) is 3.09. The number of benzene rings is 1. The fraction of sp³-hybridized carbons (Fsp3) is 0.500. The van der Waals surface area contributed by atoms with Gasteiger partial charge in [0, 0.05) is 22.9 Å². The van der Waals surface area contributed by atoms with Gasteiger partial charge in [-0.05, 0) is 37.8 Å². The topological polar surface area (TPSA) is 75.4 Å². The summed E-state index contributed by atoms with van der Waals surface area (Å²) in [5.74, 6) is 1.34. The summed E-state index contributed by atoms with van der Waals surface area (Å²) in [6.07, 6.45) is 4.93. The van der Waals surface area contributed by atoms with Crippen LogP contribution in [0.4, 0.5) is 0 Å². The minimum Gasteiger partial charge on any atom is -0.440 e. The van der Waals surface area contributed by atoms with Crippen LogP contribution in [0.1, 0.15) is 61.2 Å². The first kappa shape index (κ1) is 16.3. The molecule has 2 saturated carbocycles. The lowest BCUT2D eigenvalue weighted by molar-refractivity contribution is 0.0824. The molecule has 0 aliphatic heterocycles. The Morgan fingerprint density at radius 2 is 2.08 bits per heavy atom. The number of hydrogen-bond acceptors (Lipinski definition) is 4. The molecular formula is C20H24N2O3. The van der Waals surface area contributed by atoms with Gasteiger partial charge < -0.3 is 14.8 Å². The van der Waals surface area contributed by atoms with Gasteiger partial charge in [-0.15, -0.1) is 0 Å². The number of carbonyl (C=O) groups excluding carboxylic acids is 1. The molecule has 0 spiro atoms.